The van der Waals surface area contributed by atoms with Gasteiger partial charge in [0.1, 0.15) is 11.4 Å². The molecule has 3 heteroatoms. The molecule has 1 unspecified atom stereocenters. The summed E-state index contributed by atoms with van der Waals surface area (Å²) in [5, 5.41) is 9.01. The smallest absolute Gasteiger partial charge is 0.312 e. The molecule has 0 spiro atoms. The van der Waals surface area contributed by atoms with Crippen molar-refractivity contribution >= 4 is 5.97 Å². The second-order valence-electron chi connectivity index (χ2n) is 11.1. The highest BCUT2D eigenvalue weighted by Crippen LogP contribution is 2.61. The van der Waals surface area contributed by atoms with Gasteiger partial charge in [0, 0.05) is 0 Å². The Kier molecular flexibility index (Phi) is 7.43. The molecule has 4 saturated carbocycles. The van der Waals surface area contributed by atoms with E-state index in [1.807, 2.05) is 26.0 Å². The summed E-state index contributed by atoms with van der Waals surface area (Å²) < 4.78 is 6.28. The number of hydrogen-bond acceptors (Lipinski definition) is 3. The largest absolute Gasteiger partial charge is 0.508 e. The molecule has 1 atom stereocenters. The number of carbonyl (C=O) groups is 1. The average molecular weight is 429 g/mol. The molecule has 4 aliphatic carbocycles. The first kappa shape index (κ1) is 24.1. The molecule has 31 heavy (non-hydrogen) atoms. The zero-order chi connectivity index (χ0) is 22.8. The van der Waals surface area contributed by atoms with E-state index in [4.69, 9.17) is 9.84 Å². The minimum Gasteiger partial charge on any atom is -0.508 e. The van der Waals surface area contributed by atoms with Crippen LogP contribution in [0.4, 0.5) is 0 Å². The van der Waals surface area contributed by atoms with Crippen LogP contribution in [0.25, 0.3) is 0 Å². The molecule has 174 valence electrons. The number of aromatic hydroxyl groups is 1. The molecule has 4 bridgehead atoms. The van der Waals surface area contributed by atoms with Gasteiger partial charge >= 0.3 is 5.97 Å². The van der Waals surface area contributed by atoms with Crippen LogP contribution in [0.1, 0.15) is 104 Å². The summed E-state index contributed by atoms with van der Waals surface area (Å²) in [4.78, 5) is 12.6. The SMILES string of the molecule is CCC(C)(C)C(=O)OC1(CC)C2CC3CC(C2)CC1C3.CCC(C)c1ccc(O)cc1. The van der Waals surface area contributed by atoms with E-state index in [9.17, 15) is 4.79 Å². The van der Waals surface area contributed by atoms with Crippen LogP contribution >= 0.6 is 0 Å². The number of hydrogen-bond donors (Lipinski definition) is 1. The summed E-state index contributed by atoms with van der Waals surface area (Å²) in [5.74, 6) is 4.10. The van der Waals surface area contributed by atoms with Crippen molar-refractivity contribution in [2.75, 3.05) is 0 Å². The van der Waals surface area contributed by atoms with Crippen LogP contribution in [0.15, 0.2) is 24.3 Å². The topological polar surface area (TPSA) is 46.5 Å². The Balaban J connectivity index is 0.000000210. The van der Waals surface area contributed by atoms with E-state index >= 15 is 0 Å². The maximum atomic E-state index is 12.6. The summed E-state index contributed by atoms with van der Waals surface area (Å²) in [6, 6.07) is 7.43. The molecule has 5 rings (SSSR count). The van der Waals surface area contributed by atoms with Gasteiger partial charge in [0.15, 0.2) is 0 Å². The fraction of sp³-hybridized carbons (Fsp3) is 0.750. The number of phenolic OH excluding ortho intramolecular Hbond substituents is 1. The van der Waals surface area contributed by atoms with Gasteiger partial charge < -0.3 is 9.84 Å². The van der Waals surface area contributed by atoms with Gasteiger partial charge in [-0.05, 0) is 112 Å². The molecule has 3 nitrogen and oxygen atoms in total. The Morgan fingerprint density at radius 2 is 1.55 bits per heavy atom. The maximum Gasteiger partial charge on any atom is 0.312 e. The molecule has 0 saturated heterocycles. The quantitative estimate of drug-likeness (QED) is 0.478. The fourth-order valence-corrected chi connectivity index (χ4v) is 6.29. The van der Waals surface area contributed by atoms with Crippen molar-refractivity contribution in [2.45, 2.75) is 104 Å². The Hall–Kier alpha value is -1.51. The van der Waals surface area contributed by atoms with Crippen LogP contribution in [-0.2, 0) is 9.53 Å². The fourth-order valence-electron chi connectivity index (χ4n) is 6.29. The molecule has 0 aromatic heterocycles. The minimum atomic E-state index is -0.336. The predicted molar refractivity (Wildman–Crippen MR) is 127 cm³/mol. The highest BCUT2D eigenvalue weighted by Gasteiger charge is 2.59. The number of benzene rings is 1. The van der Waals surface area contributed by atoms with E-state index in [2.05, 4.69) is 27.7 Å². The lowest BCUT2D eigenvalue weighted by Gasteiger charge is -2.60. The third kappa shape index (κ3) is 4.96. The second-order valence-corrected chi connectivity index (χ2v) is 11.1. The van der Waals surface area contributed by atoms with Crippen molar-refractivity contribution in [3.8, 4) is 5.75 Å². The molecule has 0 radical (unpaired) electrons. The number of ether oxygens (including phenoxy) is 1. The molecule has 0 heterocycles. The highest BCUT2D eigenvalue weighted by molar-refractivity contribution is 5.76. The Morgan fingerprint density at radius 1 is 1.03 bits per heavy atom. The van der Waals surface area contributed by atoms with Crippen molar-refractivity contribution < 1.29 is 14.6 Å². The van der Waals surface area contributed by atoms with Crippen molar-refractivity contribution in [2.24, 2.45) is 29.1 Å². The molecule has 0 aliphatic heterocycles. The van der Waals surface area contributed by atoms with Crippen LogP contribution < -0.4 is 0 Å². The number of rotatable bonds is 6. The standard InChI is InChI=1S/C18H30O2.C10H14O/c1-5-17(3,4)16(19)20-18(6-2)14-8-12-7-13(10-14)11-15(18)9-12;1-3-8(2)9-4-6-10(11)7-5-9/h12-15H,5-11H2,1-4H3;4-8,11H,3H2,1-2H3. The molecule has 1 aromatic rings. The van der Waals surface area contributed by atoms with Crippen LogP contribution in [0.5, 0.6) is 5.75 Å². The van der Waals surface area contributed by atoms with E-state index in [-0.39, 0.29) is 17.0 Å². The summed E-state index contributed by atoms with van der Waals surface area (Å²) in [5.41, 5.74) is 0.832. The Morgan fingerprint density at radius 3 is 1.97 bits per heavy atom. The molecule has 4 fully saturated rings. The van der Waals surface area contributed by atoms with Gasteiger partial charge in [-0.2, -0.15) is 0 Å². The molecule has 1 N–H and O–H groups in total. The molecule has 4 aliphatic rings. The zero-order valence-corrected chi connectivity index (χ0v) is 20.6. The minimum absolute atomic E-state index is 0.0364. The number of phenols is 1. The lowest BCUT2D eigenvalue weighted by molar-refractivity contribution is -0.218. The van der Waals surface area contributed by atoms with Gasteiger partial charge in [0.2, 0.25) is 0 Å². The van der Waals surface area contributed by atoms with Gasteiger partial charge in [0.25, 0.3) is 0 Å². The molecule has 0 amide bonds. The number of carbonyl (C=O) groups excluding carboxylic acids is 1. The monoisotopic (exact) mass is 428 g/mol. The summed E-state index contributed by atoms with van der Waals surface area (Å²) >= 11 is 0. The highest BCUT2D eigenvalue weighted by atomic mass is 16.6. The van der Waals surface area contributed by atoms with E-state index in [0.29, 0.717) is 23.5 Å². The third-order valence-corrected chi connectivity index (χ3v) is 8.87. The van der Waals surface area contributed by atoms with Crippen LogP contribution in [0, 0.1) is 29.1 Å². The molecular formula is C28H44O3. The normalized spacial score (nSPS) is 32.2. The first-order valence-electron chi connectivity index (χ1n) is 12.7. The van der Waals surface area contributed by atoms with Crippen molar-refractivity contribution in [3.63, 3.8) is 0 Å². The summed E-state index contributed by atoms with van der Waals surface area (Å²) in [6.07, 6.45) is 9.67. The molecular weight excluding hydrogens is 384 g/mol. The van der Waals surface area contributed by atoms with E-state index in [1.54, 1.807) is 12.1 Å². The van der Waals surface area contributed by atoms with Gasteiger partial charge in [-0.3, -0.25) is 4.79 Å². The zero-order valence-electron chi connectivity index (χ0n) is 20.6. The maximum absolute atomic E-state index is 12.6. The van der Waals surface area contributed by atoms with Crippen molar-refractivity contribution in [1.29, 1.82) is 0 Å². The van der Waals surface area contributed by atoms with E-state index in [0.717, 1.165) is 31.1 Å². The van der Waals surface area contributed by atoms with Crippen LogP contribution in [0.3, 0.4) is 0 Å². The van der Waals surface area contributed by atoms with Gasteiger partial charge in [-0.15, -0.1) is 0 Å². The van der Waals surface area contributed by atoms with E-state index < -0.39 is 0 Å². The lowest BCUT2D eigenvalue weighted by atomic mass is 9.49. The summed E-state index contributed by atoms with van der Waals surface area (Å²) in [7, 11) is 0. The predicted octanol–water partition coefficient (Wildman–Crippen LogP) is 7.48. The van der Waals surface area contributed by atoms with E-state index in [1.165, 1.54) is 37.7 Å². The average Bonchev–Trinajstić information content (AvgIpc) is 2.76. The van der Waals surface area contributed by atoms with Gasteiger partial charge in [0.05, 0.1) is 5.41 Å². The first-order valence-corrected chi connectivity index (χ1v) is 12.7. The Bertz CT molecular complexity index is 705. The van der Waals surface area contributed by atoms with Gasteiger partial charge in [-0.1, -0.05) is 39.8 Å². The van der Waals surface area contributed by atoms with Crippen LogP contribution in [-0.4, -0.2) is 16.7 Å². The summed E-state index contributed by atoms with van der Waals surface area (Å²) in [6.45, 7) is 12.7. The van der Waals surface area contributed by atoms with Crippen molar-refractivity contribution in [1.82, 2.24) is 0 Å². The lowest BCUT2D eigenvalue weighted by Crippen LogP contribution is -2.60. The Labute approximate surface area is 190 Å². The van der Waals surface area contributed by atoms with Crippen LogP contribution in [0.2, 0.25) is 0 Å². The third-order valence-electron chi connectivity index (χ3n) is 8.87. The van der Waals surface area contributed by atoms with Crippen molar-refractivity contribution in [3.05, 3.63) is 29.8 Å². The first-order chi connectivity index (χ1) is 14.6. The molecule has 1 aromatic carbocycles. The van der Waals surface area contributed by atoms with Gasteiger partial charge in [-0.25, -0.2) is 0 Å². The number of esters is 1. The second kappa shape index (κ2) is 9.55.